The van der Waals surface area contributed by atoms with Crippen LogP contribution in [0.5, 0.6) is 5.75 Å². The number of nitrogens with zero attached hydrogens (tertiary/aromatic N) is 2. The third kappa shape index (κ3) is 6.15. The number of aromatic nitrogens is 2. The number of ether oxygens (including phenoxy) is 1. The summed E-state index contributed by atoms with van der Waals surface area (Å²) in [5.41, 5.74) is 2.97. The molecule has 7 nitrogen and oxygen atoms in total. The number of carbonyl (C=O) groups is 1. The Morgan fingerprint density at radius 1 is 1.08 bits per heavy atom. The van der Waals surface area contributed by atoms with Crippen LogP contribution in [0.15, 0.2) is 72.9 Å². The van der Waals surface area contributed by atoms with Gasteiger partial charge in [0.05, 0.1) is 18.0 Å². The normalized spacial score (nSPS) is 12.2. The van der Waals surface area contributed by atoms with Crippen molar-refractivity contribution in [3.63, 3.8) is 0 Å². The first kappa shape index (κ1) is 25.5. The van der Waals surface area contributed by atoms with Crippen LogP contribution < -0.4 is 10.1 Å². The predicted molar refractivity (Wildman–Crippen MR) is 142 cm³/mol. The first-order valence-electron chi connectivity index (χ1n) is 11.6. The number of pyridine rings is 1. The number of aliphatic hydroxyl groups is 2. The molecular weight excluding hydrogens is 474 g/mol. The highest BCUT2D eigenvalue weighted by atomic mass is 32.1. The lowest BCUT2D eigenvalue weighted by Gasteiger charge is -2.15. The average molecular weight is 504 g/mol. The number of carbonyl (C=O) groups excluding carboxylic acids is 1. The van der Waals surface area contributed by atoms with Crippen molar-refractivity contribution in [1.29, 1.82) is 0 Å². The van der Waals surface area contributed by atoms with E-state index in [0.717, 1.165) is 21.0 Å². The molecule has 0 aliphatic carbocycles. The van der Waals surface area contributed by atoms with Gasteiger partial charge in [0, 0.05) is 34.3 Å². The summed E-state index contributed by atoms with van der Waals surface area (Å²) in [6, 6.07) is 20.2. The number of hydrogen-bond donors (Lipinski definition) is 3. The number of benzene rings is 2. The van der Waals surface area contributed by atoms with Crippen molar-refractivity contribution >= 4 is 22.9 Å². The fourth-order valence-electron chi connectivity index (χ4n) is 3.42. The average Bonchev–Trinajstić information content (AvgIpc) is 3.39. The molecule has 0 spiro atoms. The van der Waals surface area contributed by atoms with Gasteiger partial charge >= 0.3 is 0 Å². The van der Waals surface area contributed by atoms with Gasteiger partial charge in [-0.05, 0) is 17.5 Å². The lowest BCUT2D eigenvalue weighted by Crippen LogP contribution is -2.21. The molecule has 0 saturated heterocycles. The third-order valence-corrected chi connectivity index (χ3v) is 6.86. The summed E-state index contributed by atoms with van der Waals surface area (Å²) in [5, 5.41) is 22.6. The summed E-state index contributed by atoms with van der Waals surface area (Å²) in [6.45, 7) is 5.89. The van der Waals surface area contributed by atoms with Crippen molar-refractivity contribution in [2.75, 3.05) is 18.5 Å². The maximum absolute atomic E-state index is 13.4. The zero-order valence-electron chi connectivity index (χ0n) is 20.4. The van der Waals surface area contributed by atoms with Gasteiger partial charge in [-0.2, -0.15) is 0 Å². The Kier molecular flexibility index (Phi) is 7.79. The van der Waals surface area contributed by atoms with Crippen molar-refractivity contribution in [2.24, 2.45) is 0 Å². The second-order valence-corrected chi connectivity index (χ2v) is 10.4. The van der Waals surface area contributed by atoms with E-state index in [-0.39, 0.29) is 17.7 Å². The van der Waals surface area contributed by atoms with Gasteiger partial charge in [0.25, 0.3) is 5.91 Å². The Bertz CT molecular complexity index is 1330. The highest BCUT2D eigenvalue weighted by molar-refractivity contribution is 7.15. The summed E-state index contributed by atoms with van der Waals surface area (Å²) < 4.78 is 5.65. The Morgan fingerprint density at radius 3 is 2.50 bits per heavy atom. The molecule has 8 heteroatoms. The zero-order valence-corrected chi connectivity index (χ0v) is 21.2. The van der Waals surface area contributed by atoms with Crippen LogP contribution >= 0.6 is 11.3 Å². The molecule has 0 radical (unpaired) electrons. The lowest BCUT2D eigenvalue weighted by molar-refractivity contribution is 0.0535. The minimum atomic E-state index is -1.03. The van der Waals surface area contributed by atoms with Gasteiger partial charge in [-0.3, -0.25) is 4.79 Å². The topological polar surface area (TPSA) is 105 Å². The van der Waals surface area contributed by atoms with E-state index in [9.17, 15) is 9.90 Å². The molecule has 1 amide bonds. The SMILES string of the molecule is CC(C)(C)c1cnc(-c2ccccc2NC(=O)c2cc(OCC(O)CO)cc(-c3ccccc3)n2)s1. The van der Waals surface area contributed by atoms with Gasteiger partial charge in [0.2, 0.25) is 0 Å². The fraction of sp³-hybridized carbons (Fsp3) is 0.250. The van der Waals surface area contributed by atoms with Crippen LogP contribution in [0.1, 0.15) is 36.1 Å². The minimum absolute atomic E-state index is 0.0179. The third-order valence-electron chi connectivity index (χ3n) is 5.40. The molecule has 0 aliphatic rings. The van der Waals surface area contributed by atoms with Gasteiger partial charge in [0.15, 0.2) is 0 Å². The van der Waals surface area contributed by atoms with Gasteiger partial charge in [-0.1, -0.05) is 63.2 Å². The van der Waals surface area contributed by atoms with Crippen LogP contribution in [-0.4, -0.2) is 45.4 Å². The number of thiazole rings is 1. The molecule has 186 valence electrons. The lowest BCUT2D eigenvalue weighted by atomic mass is 9.96. The van der Waals surface area contributed by atoms with Crippen LogP contribution in [0.4, 0.5) is 5.69 Å². The van der Waals surface area contributed by atoms with E-state index in [1.165, 1.54) is 6.07 Å². The van der Waals surface area contributed by atoms with E-state index in [0.29, 0.717) is 17.1 Å². The molecule has 3 N–H and O–H groups in total. The highest BCUT2D eigenvalue weighted by Gasteiger charge is 2.20. The molecule has 2 heterocycles. The summed E-state index contributed by atoms with van der Waals surface area (Å²) in [6.07, 6.45) is 0.854. The predicted octanol–water partition coefficient (Wildman–Crippen LogP) is 5.15. The maximum atomic E-state index is 13.4. The maximum Gasteiger partial charge on any atom is 0.274 e. The quantitative estimate of drug-likeness (QED) is 0.307. The molecule has 1 atom stereocenters. The van der Waals surface area contributed by atoms with Gasteiger partial charge in [0.1, 0.15) is 29.2 Å². The van der Waals surface area contributed by atoms with Crippen molar-refractivity contribution in [1.82, 2.24) is 9.97 Å². The van der Waals surface area contributed by atoms with Crippen molar-refractivity contribution < 1.29 is 19.7 Å². The molecule has 0 fully saturated rings. The number of aliphatic hydroxyl groups excluding tert-OH is 2. The largest absolute Gasteiger partial charge is 0.491 e. The van der Waals surface area contributed by atoms with E-state index >= 15 is 0 Å². The first-order valence-corrected chi connectivity index (χ1v) is 12.4. The molecule has 0 aliphatic heterocycles. The Balaban J connectivity index is 1.65. The van der Waals surface area contributed by atoms with Crippen LogP contribution in [0, 0.1) is 0 Å². The number of para-hydroxylation sites is 1. The van der Waals surface area contributed by atoms with Gasteiger partial charge in [-0.25, -0.2) is 9.97 Å². The number of rotatable bonds is 8. The standard InChI is InChI=1S/C28H29N3O4S/c1-28(2,3)25-15-29-27(36-25)21-11-7-8-12-22(21)31-26(34)24-14-20(35-17-19(33)16-32)13-23(30-24)18-9-5-4-6-10-18/h4-15,19,32-33H,16-17H2,1-3H3,(H,31,34). The van der Waals surface area contributed by atoms with E-state index in [2.05, 4.69) is 36.1 Å². The number of amides is 1. The smallest absolute Gasteiger partial charge is 0.274 e. The second-order valence-electron chi connectivity index (χ2n) is 9.37. The zero-order chi connectivity index (χ0) is 25.7. The summed E-state index contributed by atoms with van der Waals surface area (Å²) in [5.74, 6) is -0.0371. The Labute approximate surface area is 214 Å². The highest BCUT2D eigenvalue weighted by Crippen LogP contribution is 2.36. The fourth-order valence-corrected chi connectivity index (χ4v) is 4.43. The molecule has 1 unspecified atom stereocenters. The molecule has 4 rings (SSSR count). The summed E-state index contributed by atoms with van der Waals surface area (Å²) in [4.78, 5) is 23.7. The van der Waals surface area contributed by atoms with Crippen LogP contribution in [0.2, 0.25) is 0 Å². The first-order chi connectivity index (χ1) is 17.2. The van der Waals surface area contributed by atoms with E-state index in [4.69, 9.17) is 9.84 Å². The Hall–Kier alpha value is -3.59. The molecule has 0 saturated carbocycles. The van der Waals surface area contributed by atoms with Crippen molar-refractivity contribution in [2.45, 2.75) is 32.3 Å². The van der Waals surface area contributed by atoms with Gasteiger partial charge in [-0.15, -0.1) is 11.3 Å². The molecule has 2 aromatic heterocycles. The summed E-state index contributed by atoms with van der Waals surface area (Å²) in [7, 11) is 0. The molecule has 0 bridgehead atoms. The van der Waals surface area contributed by atoms with Gasteiger partial charge < -0.3 is 20.3 Å². The van der Waals surface area contributed by atoms with E-state index < -0.39 is 18.6 Å². The monoisotopic (exact) mass is 503 g/mol. The molecule has 4 aromatic rings. The van der Waals surface area contributed by atoms with Crippen LogP contribution in [0.3, 0.4) is 0 Å². The van der Waals surface area contributed by atoms with E-state index in [1.807, 2.05) is 60.8 Å². The Morgan fingerprint density at radius 2 is 1.81 bits per heavy atom. The van der Waals surface area contributed by atoms with Crippen molar-refractivity contribution in [3.05, 3.63) is 83.5 Å². The molecular formula is C28H29N3O4S. The minimum Gasteiger partial charge on any atom is -0.491 e. The number of hydrogen-bond acceptors (Lipinski definition) is 7. The second kappa shape index (κ2) is 11.0. The number of anilines is 1. The van der Waals surface area contributed by atoms with Crippen LogP contribution in [0.25, 0.3) is 21.8 Å². The molecule has 2 aromatic carbocycles. The summed E-state index contributed by atoms with van der Waals surface area (Å²) >= 11 is 1.60. The van der Waals surface area contributed by atoms with Crippen molar-refractivity contribution in [3.8, 4) is 27.6 Å². The molecule has 36 heavy (non-hydrogen) atoms. The van der Waals surface area contributed by atoms with E-state index in [1.54, 1.807) is 17.4 Å². The van der Waals surface area contributed by atoms with Crippen LogP contribution in [-0.2, 0) is 5.41 Å². The number of nitrogens with one attached hydrogen (secondary N) is 1.